The quantitative estimate of drug-likeness (QED) is 0.822. The first-order chi connectivity index (χ1) is 11.4. The third-order valence-corrected chi connectivity index (χ3v) is 4.12. The summed E-state index contributed by atoms with van der Waals surface area (Å²) in [6, 6.07) is 11.8. The molecule has 1 saturated carbocycles. The monoisotopic (exact) mass is 335 g/mol. The number of carbonyl (C=O) groups excluding carboxylic acids is 1. The highest BCUT2D eigenvalue weighted by Gasteiger charge is 2.49. The Balaban J connectivity index is 1.57. The number of halogens is 3. The standard InChI is InChI=1S/C17H16F3N3O/c18-17(19,20)13-6-7-14(21-11-13)22-23-15(24)16(8-9-16)10-12-4-2-1-3-5-12/h1-7,11H,8-10H2,(H,21,22)(H,23,24). The Morgan fingerprint density at radius 1 is 1.12 bits per heavy atom. The molecule has 2 N–H and O–H groups in total. The fourth-order valence-corrected chi connectivity index (χ4v) is 2.51. The summed E-state index contributed by atoms with van der Waals surface area (Å²) in [5, 5.41) is 0. The second-order valence-electron chi connectivity index (χ2n) is 5.95. The van der Waals surface area contributed by atoms with Crippen molar-refractivity contribution in [3.8, 4) is 0 Å². The van der Waals surface area contributed by atoms with E-state index in [2.05, 4.69) is 15.8 Å². The van der Waals surface area contributed by atoms with E-state index in [1.165, 1.54) is 6.07 Å². The zero-order chi connectivity index (χ0) is 17.2. The molecule has 4 nitrogen and oxygen atoms in total. The molecule has 1 aliphatic rings. The van der Waals surface area contributed by atoms with Gasteiger partial charge in [-0.25, -0.2) is 4.98 Å². The van der Waals surface area contributed by atoms with Crippen LogP contribution in [0.5, 0.6) is 0 Å². The summed E-state index contributed by atoms with van der Waals surface area (Å²) >= 11 is 0. The van der Waals surface area contributed by atoms with Crippen LogP contribution in [0.3, 0.4) is 0 Å². The molecular weight excluding hydrogens is 319 g/mol. The lowest BCUT2D eigenvalue weighted by atomic mass is 9.96. The van der Waals surface area contributed by atoms with Crippen molar-refractivity contribution in [2.45, 2.75) is 25.4 Å². The van der Waals surface area contributed by atoms with Crippen molar-refractivity contribution in [2.75, 3.05) is 5.43 Å². The highest BCUT2D eigenvalue weighted by atomic mass is 19.4. The molecule has 1 fully saturated rings. The Hall–Kier alpha value is -2.57. The third-order valence-electron chi connectivity index (χ3n) is 4.12. The predicted molar refractivity (Wildman–Crippen MR) is 82.8 cm³/mol. The molecule has 0 spiro atoms. The van der Waals surface area contributed by atoms with Gasteiger partial charge in [0.15, 0.2) is 0 Å². The number of hydrogen-bond acceptors (Lipinski definition) is 3. The van der Waals surface area contributed by atoms with Crippen LogP contribution in [0.4, 0.5) is 19.0 Å². The predicted octanol–water partition coefficient (Wildman–Crippen LogP) is 3.57. The van der Waals surface area contributed by atoms with Gasteiger partial charge in [0.25, 0.3) is 0 Å². The molecule has 7 heteroatoms. The number of pyridine rings is 1. The average Bonchev–Trinajstić information content (AvgIpc) is 3.34. The van der Waals surface area contributed by atoms with Gasteiger partial charge in [0, 0.05) is 6.20 Å². The van der Waals surface area contributed by atoms with Crippen molar-refractivity contribution in [3.63, 3.8) is 0 Å². The average molecular weight is 335 g/mol. The molecule has 1 aliphatic carbocycles. The minimum atomic E-state index is -4.43. The van der Waals surface area contributed by atoms with E-state index in [9.17, 15) is 18.0 Å². The molecule has 0 atom stereocenters. The summed E-state index contributed by atoms with van der Waals surface area (Å²) in [6.07, 6.45) is -1.48. The second-order valence-corrected chi connectivity index (χ2v) is 5.95. The molecule has 1 heterocycles. The molecule has 126 valence electrons. The first-order valence-electron chi connectivity index (χ1n) is 7.53. The van der Waals surface area contributed by atoms with Gasteiger partial charge in [-0.1, -0.05) is 30.3 Å². The Morgan fingerprint density at radius 3 is 2.38 bits per heavy atom. The number of rotatable bonds is 5. The van der Waals surface area contributed by atoms with E-state index >= 15 is 0 Å². The molecule has 0 aliphatic heterocycles. The van der Waals surface area contributed by atoms with E-state index in [4.69, 9.17) is 0 Å². The highest BCUT2D eigenvalue weighted by molar-refractivity contribution is 5.86. The van der Waals surface area contributed by atoms with Crippen LogP contribution in [0.1, 0.15) is 24.0 Å². The van der Waals surface area contributed by atoms with Gasteiger partial charge in [-0.2, -0.15) is 13.2 Å². The first kappa shape index (κ1) is 16.3. The Bertz CT molecular complexity index is 710. The number of nitrogens with one attached hydrogen (secondary N) is 2. The number of hydrogen-bond donors (Lipinski definition) is 2. The zero-order valence-electron chi connectivity index (χ0n) is 12.7. The fraction of sp³-hybridized carbons (Fsp3) is 0.294. The molecule has 24 heavy (non-hydrogen) atoms. The van der Waals surface area contributed by atoms with Crippen LogP contribution < -0.4 is 10.9 Å². The summed E-state index contributed by atoms with van der Waals surface area (Å²) in [5.41, 5.74) is 4.93. The fourth-order valence-electron chi connectivity index (χ4n) is 2.51. The van der Waals surface area contributed by atoms with Crippen molar-refractivity contribution in [3.05, 3.63) is 59.8 Å². The number of nitrogens with zero attached hydrogens (tertiary/aromatic N) is 1. The smallest absolute Gasteiger partial charge is 0.282 e. The molecule has 1 aromatic heterocycles. The molecule has 0 bridgehead atoms. The van der Waals surface area contributed by atoms with Crippen LogP contribution in [0, 0.1) is 5.41 Å². The van der Waals surface area contributed by atoms with Crippen LogP contribution in [0.25, 0.3) is 0 Å². The summed E-state index contributed by atoms with van der Waals surface area (Å²) in [4.78, 5) is 16.0. The number of anilines is 1. The van der Waals surface area contributed by atoms with E-state index in [1.807, 2.05) is 30.3 Å². The summed E-state index contributed by atoms with van der Waals surface area (Å²) in [7, 11) is 0. The van der Waals surface area contributed by atoms with Crippen LogP contribution in [0.2, 0.25) is 0 Å². The lowest BCUT2D eigenvalue weighted by Gasteiger charge is -2.16. The largest absolute Gasteiger partial charge is 0.417 e. The van der Waals surface area contributed by atoms with Gasteiger partial charge in [-0.3, -0.25) is 15.6 Å². The van der Waals surface area contributed by atoms with Crippen LogP contribution in [0.15, 0.2) is 48.7 Å². The zero-order valence-corrected chi connectivity index (χ0v) is 12.7. The number of carbonyl (C=O) groups is 1. The van der Waals surface area contributed by atoms with Gasteiger partial charge in [0.1, 0.15) is 5.82 Å². The number of alkyl halides is 3. The minimum Gasteiger partial charge on any atom is -0.282 e. The van der Waals surface area contributed by atoms with E-state index in [0.717, 1.165) is 30.7 Å². The van der Waals surface area contributed by atoms with Gasteiger partial charge < -0.3 is 0 Å². The third kappa shape index (κ3) is 3.67. The summed E-state index contributed by atoms with van der Waals surface area (Å²) in [6.45, 7) is 0. The maximum atomic E-state index is 12.5. The van der Waals surface area contributed by atoms with Crippen LogP contribution >= 0.6 is 0 Å². The van der Waals surface area contributed by atoms with Gasteiger partial charge in [0.2, 0.25) is 5.91 Å². The molecule has 1 amide bonds. The first-order valence-corrected chi connectivity index (χ1v) is 7.53. The van der Waals surface area contributed by atoms with Crippen molar-refractivity contribution in [1.82, 2.24) is 10.4 Å². The van der Waals surface area contributed by atoms with E-state index < -0.39 is 17.2 Å². The number of benzene rings is 1. The van der Waals surface area contributed by atoms with Gasteiger partial charge in [-0.15, -0.1) is 0 Å². The normalized spacial score (nSPS) is 15.6. The minimum absolute atomic E-state index is 0.159. The van der Waals surface area contributed by atoms with Crippen molar-refractivity contribution in [2.24, 2.45) is 5.41 Å². The maximum absolute atomic E-state index is 12.5. The highest BCUT2D eigenvalue weighted by Crippen LogP contribution is 2.48. The molecule has 0 unspecified atom stereocenters. The maximum Gasteiger partial charge on any atom is 0.417 e. The van der Waals surface area contributed by atoms with Crippen LogP contribution in [-0.2, 0) is 17.4 Å². The van der Waals surface area contributed by atoms with Gasteiger partial charge in [-0.05, 0) is 37.0 Å². The number of amides is 1. The van der Waals surface area contributed by atoms with Gasteiger partial charge >= 0.3 is 6.18 Å². The van der Waals surface area contributed by atoms with Crippen LogP contribution in [-0.4, -0.2) is 10.9 Å². The number of hydrazine groups is 1. The number of aromatic nitrogens is 1. The lowest BCUT2D eigenvalue weighted by molar-refractivity contribution is -0.137. The Labute approximate surface area is 137 Å². The summed E-state index contributed by atoms with van der Waals surface area (Å²) in [5.74, 6) is -0.0140. The van der Waals surface area contributed by atoms with E-state index in [0.29, 0.717) is 6.42 Å². The van der Waals surface area contributed by atoms with Crippen molar-refractivity contribution in [1.29, 1.82) is 0 Å². The Morgan fingerprint density at radius 2 is 1.83 bits per heavy atom. The molecule has 2 aromatic rings. The molecule has 0 radical (unpaired) electrons. The molecule has 1 aromatic carbocycles. The Kier molecular flexibility index (Phi) is 4.17. The molecule has 3 rings (SSSR count). The SMILES string of the molecule is O=C(NNc1ccc(C(F)(F)F)cn1)C1(Cc2ccccc2)CC1. The van der Waals surface area contributed by atoms with E-state index in [-0.39, 0.29) is 11.7 Å². The molecular formula is C17H16F3N3O. The summed E-state index contributed by atoms with van der Waals surface area (Å²) < 4.78 is 37.4. The van der Waals surface area contributed by atoms with Crippen molar-refractivity contribution < 1.29 is 18.0 Å². The van der Waals surface area contributed by atoms with E-state index in [1.54, 1.807) is 0 Å². The van der Waals surface area contributed by atoms with Gasteiger partial charge in [0.05, 0.1) is 11.0 Å². The second kappa shape index (κ2) is 6.14. The van der Waals surface area contributed by atoms with Crippen molar-refractivity contribution >= 4 is 11.7 Å². The topological polar surface area (TPSA) is 54.0 Å². The molecule has 0 saturated heterocycles. The lowest BCUT2D eigenvalue weighted by Crippen LogP contribution is -2.37.